The molecule has 4 aromatic rings. The fraction of sp³-hybridized carbons (Fsp3) is 0.370. The summed E-state index contributed by atoms with van der Waals surface area (Å²) in [5.74, 6) is -1.58. The van der Waals surface area contributed by atoms with Crippen molar-refractivity contribution < 1.29 is 36.9 Å². The van der Waals surface area contributed by atoms with Crippen molar-refractivity contribution in [1.82, 2.24) is 25.2 Å². The lowest BCUT2D eigenvalue weighted by Crippen LogP contribution is -2.41. The standard InChI is InChI=1S/C27H26F3N5O5/c1-2-38-26(37)18-6-5-13-35(14-18)15-20(36)16-8-10-17(11-9-16)24-32-25(40-34-24)23-21(27(28,29)30)22(33-39-23)19-7-3-4-12-31-19/h3-4,7-12,18,20,36H,2,5-6,13-15H2,1H3/t18-,20?/m0/s1. The van der Waals surface area contributed by atoms with Crippen LogP contribution in [0.1, 0.15) is 37.0 Å². The topological polar surface area (TPSA) is 128 Å². The molecule has 1 saturated heterocycles. The van der Waals surface area contributed by atoms with Crippen LogP contribution in [0, 0.1) is 5.92 Å². The van der Waals surface area contributed by atoms with Crippen molar-refractivity contribution >= 4 is 5.97 Å². The van der Waals surface area contributed by atoms with E-state index in [2.05, 4.69) is 20.3 Å². The Balaban J connectivity index is 1.30. The van der Waals surface area contributed by atoms with Gasteiger partial charge in [-0.3, -0.25) is 14.7 Å². The van der Waals surface area contributed by atoms with E-state index in [1.165, 1.54) is 18.3 Å². The quantitative estimate of drug-likeness (QED) is 0.302. The van der Waals surface area contributed by atoms with E-state index in [1.54, 1.807) is 37.3 Å². The van der Waals surface area contributed by atoms with Gasteiger partial charge < -0.3 is 18.9 Å². The number of rotatable bonds is 8. The number of carbonyl (C=O) groups excluding carboxylic acids is 1. The average molecular weight is 558 g/mol. The van der Waals surface area contributed by atoms with E-state index >= 15 is 0 Å². The number of nitrogens with zero attached hydrogens (tertiary/aromatic N) is 5. The van der Waals surface area contributed by atoms with Crippen LogP contribution < -0.4 is 0 Å². The molecule has 5 rings (SSSR count). The first-order chi connectivity index (χ1) is 19.2. The van der Waals surface area contributed by atoms with E-state index in [1.807, 2.05) is 4.90 Å². The van der Waals surface area contributed by atoms with E-state index in [-0.39, 0.29) is 23.4 Å². The summed E-state index contributed by atoms with van der Waals surface area (Å²) in [6.07, 6.45) is -2.69. The molecule has 40 heavy (non-hydrogen) atoms. The summed E-state index contributed by atoms with van der Waals surface area (Å²) in [5.41, 5.74) is -0.574. The molecule has 4 heterocycles. The molecule has 0 radical (unpaired) electrons. The van der Waals surface area contributed by atoms with E-state index < -0.39 is 35.2 Å². The number of pyridine rings is 1. The number of carbonyl (C=O) groups is 1. The van der Waals surface area contributed by atoms with Crippen LogP contribution in [0.3, 0.4) is 0 Å². The maximum atomic E-state index is 14.0. The van der Waals surface area contributed by atoms with Crippen LogP contribution in [0.15, 0.2) is 57.7 Å². The summed E-state index contributed by atoms with van der Waals surface area (Å²) in [5, 5.41) is 18.2. The summed E-state index contributed by atoms with van der Waals surface area (Å²) in [6.45, 7) is 3.73. The second kappa shape index (κ2) is 11.6. The Morgan fingerprint density at radius 3 is 2.67 bits per heavy atom. The molecule has 10 nitrogen and oxygen atoms in total. The van der Waals surface area contributed by atoms with Crippen LogP contribution in [-0.4, -0.2) is 62.5 Å². The van der Waals surface area contributed by atoms with Crippen LogP contribution in [0.4, 0.5) is 13.2 Å². The normalized spacial score (nSPS) is 17.1. The first-order valence-electron chi connectivity index (χ1n) is 12.7. The third-order valence-corrected chi connectivity index (χ3v) is 6.61. The third kappa shape index (κ3) is 5.89. The van der Waals surface area contributed by atoms with E-state index in [4.69, 9.17) is 13.8 Å². The van der Waals surface area contributed by atoms with Crippen LogP contribution in [0.5, 0.6) is 0 Å². The highest BCUT2D eigenvalue weighted by Gasteiger charge is 2.43. The zero-order valence-corrected chi connectivity index (χ0v) is 21.5. The lowest BCUT2D eigenvalue weighted by molar-refractivity contribution is -0.150. The molecule has 1 N–H and O–H groups in total. The Bertz CT molecular complexity index is 1440. The number of benzene rings is 1. The maximum absolute atomic E-state index is 14.0. The van der Waals surface area contributed by atoms with Crippen molar-refractivity contribution in [2.45, 2.75) is 32.0 Å². The fourth-order valence-corrected chi connectivity index (χ4v) is 4.69. The number of aliphatic hydroxyl groups excluding tert-OH is 1. The molecule has 1 unspecified atom stereocenters. The SMILES string of the molecule is CCOC(=O)[C@H]1CCCN(CC(O)c2ccc(-c3noc(-c4onc(-c5ccccn5)c4C(F)(F)F)n3)cc2)C1. The number of esters is 1. The number of alkyl halides is 3. The summed E-state index contributed by atoms with van der Waals surface area (Å²) in [6, 6.07) is 11.1. The lowest BCUT2D eigenvalue weighted by Gasteiger charge is -2.32. The van der Waals surface area contributed by atoms with Crippen LogP contribution in [-0.2, 0) is 15.7 Å². The number of hydrogen-bond donors (Lipinski definition) is 1. The molecule has 1 aliphatic heterocycles. The number of aliphatic hydroxyl groups is 1. The second-order valence-corrected chi connectivity index (χ2v) is 9.36. The summed E-state index contributed by atoms with van der Waals surface area (Å²) in [7, 11) is 0. The summed E-state index contributed by atoms with van der Waals surface area (Å²) in [4.78, 5) is 22.2. The van der Waals surface area contributed by atoms with E-state index in [0.29, 0.717) is 30.8 Å². The van der Waals surface area contributed by atoms with Gasteiger partial charge in [0.05, 0.1) is 24.3 Å². The summed E-state index contributed by atoms with van der Waals surface area (Å²) >= 11 is 0. The number of likely N-dealkylation sites (tertiary alicyclic amines) is 1. The lowest BCUT2D eigenvalue weighted by atomic mass is 9.97. The van der Waals surface area contributed by atoms with Crippen molar-refractivity contribution in [3.63, 3.8) is 0 Å². The Hall–Kier alpha value is -4.10. The highest BCUT2D eigenvalue weighted by atomic mass is 19.4. The Labute approximate surface area is 226 Å². The minimum atomic E-state index is -4.82. The smallest absolute Gasteiger partial charge is 0.422 e. The maximum Gasteiger partial charge on any atom is 0.422 e. The van der Waals surface area contributed by atoms with Crippen molar-refractivity contribution in [2.75, 3.05) is 26.2 Å². The molecule has 0 aliphatic carbocycles. The van der Waals surface area contributed by atoms with Gasteiger partial charge in [-0.05, 0) is 44.0 Å². The predicted octanol–water partition coefficient (Wildman–Crippen LogP) is 4.78. The fourth-order valence-electron chi connectivity index (χ4n) is 4.69. The highest BCUT2D eigenvalue weighted by molar-refractivity contribution is 5.72. The Morgan fingerprint density at radius 1 is 1.18 bits per heavy atom. The molecule has 0 spiro atoms. The van der Waals surface area contributed by atoms with Crippen molar-refractivity contribution in [3.05, 3.63) is 59.8 Å². The van der Waals surface area contributed by atoms with Gasteiger partial charge >= 0.3 is 12.1 Å². The molecule has 0 saturated carbocycles. The van der Waals surface area contributed by atoms with Gasteiger partial charge in [0.15, 0.2) is 0 Å². The molecular formula is C27H26F3N5O5. The van der Waals surface area contributed by atoms with Gasteiger partial charge in [0, 0.05) is 24.8 Å². The van der Waals surface area contributed by atoms with Gasteiger partial charge in [-0.2, -0.15) is 18.2 Å². The number of β-amino-alcohol motifs (C(OH)–C–C–N with tert-alkyl or cyclic N) is 1. The Kier molecular flexibility index (Phi) is 7.94. The molecule has 2 atom stereocenters. The van der Waals surface area contributed by atoms with Gasteiger partial charge in [0.25, 0.3) is 5.89 Å². The minimum Gasteiger partial charge on any atom is -0.466 e. The average Bonchev–Trinajstić information content (AvgIpc) is 3.62. The molecule has 0 bridgehead atoms. The second-order valence-electron chi connectivity index (χ2n) is 9.36. The monoisotopic (exact) mass is 557 g/mol. The molecule has 0 amide bonds. The largest absolute Gasteiger partial charge is 0.466 e. The number of aromatic nitrogens is 4. The molecule has 1 fully saturated rings. The minimum absolute atomic E-state index is 0.0142. The molecule has 13 heteroatoms. The Morgan fingerprint density at radius 2 is 1.98 bits per heavy atom. The van der Waals surface area contributed by atoms with Gasteiger partial charge in [-0.1, -0.05) is 40.6 Å². The van der Waals surface area contributed by atoms with Gasteiger partial charge in [-0.15, -0.1) is 0 Å². The molecule has 1 aromatic carbocycles. The van der Waals surface area contributed by atoms with Gasteiger partial charge in [0.2, 0.25) is 11.6 Å². The van der Waals surface area contributed by atoms with E-state index in [9.17, 15) is 23.1 Å². The highest BCUT2D eigenvalue weighted by Crippen LogP contribution is 2.42. The molecular weight excluding hydrogens is 531 g/mol. The van der Waals surface area contributed by atoms with Crippen LogP contribution in [0.2, 0.25) is 0 Å². The number of halogens is 3. The van der Waals surface area contributed by atoms with Crippen molar-refractivity contribution in [1.29, 1.82) is 0 Å². The predicted molar refractivity (Wildman–Crippen MR) is 134 cm³/mol. The van der Waals surface area contributed by atoms with Crippen LogP contribution in [0.25, 0.3) is 34.4 Å². The molecule has 210 valence electrons. The van der Waals surface area contributed by atoms with Crippen LogP contribution >= 0.6 is 0 Å². The number of piperidine rings is 1. The van der Waals surface area contributed by atoms with Gasteiger partial charge in [-0.25, -0.2) is 0 Å². The van der Waals surface area contributed by atoms with Gasteiger partial charge in [0.1, 0.15) is 11.3 Å². The number of ether oxygens (including phenoxy) is 1. The first-order valence-corrected chi connectivity index (χ1v) is 12.7. The van der Waals surface area contributed by atoms with E-state index in [0.717, 1.165) is 19.4 Å². The first kappa shape index (κ1) is 27.5. The van der Waals surface area contributed by atoms with Crippen molar-refractivity contribution in [3.8, 4) is 34.4 Å². The zero-order valence-electron chi connectivity index (χ0n) is 21.5. The zero-order chi connectivity index (χ0) is 28.3. The molecule has 3 aromatic heterocycles. The van der Waals surface area contributed by atoms with Crippen molar-refractivity contribution in [2.24, 2.45) is 5.92 Å². The molecule has 1 aliphatic rings. The third-order valence-electron chi connectivity index (χ3n) is 6.61. The number of hydrogen-bond acceptors (Lipinski definition) is 10. The summed E-state index contributed by atoms with van der Waals surface area (Å²) < 4.78 is 57.1.